The number of aromatic nitrogens is 1. The second-order valence-corrected chi connectivity index (χ2v) is 6.97. The molecule has 1 aromatic heterocycles. The van der Waals surface area contributed by atoms with Crippen molar-refractivity contribution in [2.75, 3.05) is 5.32 Å². The van der Waals surface area contributed by atoms with Gasteiger partial charge < -0.3 is 20.5 Å². The Morgan fingerprint density at radius 3 is 2.42 bits per heavy atom. The van der Waals surface area contributed by atoms with E-state index in [0.29, 0.717) is 0 Å². The van der Waals surface area contributed by atoms with E-state index in [1.54, 1.807) is 0 Å². The first kappa shape index (κ1) is 23.8. The number of pyridine rings is 1. The Hall–Kier alpha value is -3.86. The molecule has 3 aromatic rings. The Labute approximate surface area is 189 Å². The topological polar surface area (TPSA) is 104 Å². The molecule has 0 atom stereocenters. The molecule has 3 rings (SSSR count). The standard InChI is InChI=1S/C21H14ClF4N3O4/c1-10-8-12(33-21(24,25)26)2-4-15(10)32-16-5-3-13(22)18(23)17(16)20(31)29-11-6-7-28-14(9-11)19(27)30/h2-9H,1H3,(H2,27,30)(H,28,29,31). The van der Waals surface area contributed by atoms with Gasteiger partial charge in [-0.2, -0.15) is 0 Å². The van der Waals surface area contributed by atoms with E-state index >= 15 is 0 Å². The average molecular weight is 484 g/mol. The summed E-state index contributed by atoms with van der Waals surface area (Å²) >= 11 is 5.81. The van der Waals surface area contributed by atoms with Crippen LogP contribution in [0, 0.1) is 12.7 Å². The average Bonchev–Trinajstić information content (AvgIpc) is 2.71. The van der Waals surface area contributed by atoms with Gasteiger partial charge in [0.15, 0.2) is 5.82 Å². The molecule has 2 aromatic carbocycles. The minimum atomic E-state index is -4.87. The van der Waals surface area contributed by atoms with Gasteiger partial charge in [-0.15, -0.1) is 13.2 Å². The Morgan fingerprint density at radius 2 is 1.79 bits per heavy atom. The summed E-state index contributed by atoms with van der Waals surface area (Å²) in [6.45, 7) is 1.44. The fourth-order valence-electron chi connectivity index (χ4n) is 2.72. The fourth-order valence-corrected chi connectivity index (χ4v) is 2.88. The van der Waals surface area contributed by atoms with E-state index in [-0.39, 0.29) is 33.5 Å². The first-order chi connectivity index (χ1) is 15.4. The Balaban J connectivity index is 1.92. The molecule has 172 valence electrons. The normalized spacial score (nSPS) is 11.1. The van der Waals surface area contributed by atoms with E-state index in [2.05, 4.69) is 15.0 Å². The number of carbonyl (C=O) groups is 2. The van der Waals surface area contributed by atoms with Crippen LogP contribution in [0.3, 0.4) is 0 Å². The summed E-state index contributed by atoms with van der Waals surface area (Å²) < 4.78 is 61.4. The molecule has 0 fully saturated rings. The smallest absolute Gasteiger partial charge is 0.456 e. The van der Waals surface area contributed by atoms with Crippen molar-refractivity contribution < 1.29 is 36.6 Å². The lowest BCUT2D eigenvalue weighted by molar-refractivity contribution is -0.274. The lowest BCUT2D eigenvalue weighted by atomic mass is 10.1. The minimum absolute atomic E-state index is 0.0419. The monoisotopic (exact) mass is 483 g/mol. The molecule has 33 heavy (non-hydrogen) atoms. The van der Waals surface area contributed by atoms with Gasteiger partial charge in [0, 0.05) is 11.9 Å². The van der Waals surface area contributed by atoms with E-state index in [1.807, 2.05) is 0 Å². The van der Waals surface area contributed by atoms with Gasteiger partial charge in [-0.1, -0.05) is 11.6 Å². The van der Waals surface area contributed by atoms with E-state index < -0.39 is 35.3 Å². The molecular formula is C21H14ClF4N3O4. The third-order valence-electron chi connectivity index (χ3n) is 4.15. The first-order valence-corrected chi connectivity index (χ1v) is 9.42. The lowest BCUT2D eigenvalue weighted by Gasteiger charge is -2.16. The van der Waals surface area contributed by atoms with Crippen molar-refractivity contribution in [3.8, 4) is 17.2 Å². The quantitative estimate of drug-likeness (QED) is 0.468. The highest BCUT2D eigenvalue weighted by Crippen LogP contribution is 2.35. The Bertz CT molecular complexity index is 1230. The number of nitrogens with zero attached hydrogens (tertiary/aromatic N) is 1. The number of rotatable bonds is 6. The number of nitrogens with one attached hydrogen (secondary N) is 1. The van der Waals surface area contributed by atoms with Gasteiger partial charge in [0.2, 0.25) is 0 Å². The van der Waals surface area contributed by atoms with Gasteiger partial charge in [-0.3, -0.25) is 14.6 Å². The van der Waals surface area contributed by atoms with Crippen molar-refractivity contribution in [3.05, 3.63) is 76.3 Å². The van der Waals surface area contributed by atoms with Crippen molar-refractivity contribution in [3.63, 3.8) is 0 Å². The third-order valence-corrected chi connectivity index (χ3v) is 4.45. The number of ether oxygens (including phenoxy) is 2. The van der Waals surface area contributed by atoms with Crippen LogP contribution in [0.2, 0.25) is 5.02 Å². The summed E-state index contributed by atoms with van der Waals surface area (Å²) in [7, 11) is 0. The van der Waals surface area contributed by atoms with Gasteiger partial charge in [-0.25, -0.2) is 4.39 Å². The molecule has 0 aliphatic rings. The summed E-state index contributed by atoms with van der Waals surface area (Å²) in [5.74, 6) is -3.59. The summed E-state index contributed by atoms with van der Waals surface area (Å²) in [5.41, 5.74) is 4.77. The second-order valence-electron chi connectivity index (χ2n) is 6.56. The van der Waals surface area contributed by atoms with Gasteiger partial charge in [-0.05, 0) is 55.0 Å². The molecule has 3 N–H and O–H groups in total. The zero-order valence-electron chi connectivity index (χ0n) is 16.7. The number of amides is 2. The lowest BCUT2D eigenvalue weighted by Crippen LogP contribution is -2.17. The van der Waals surface area contributed by atoms with Crippen molar-refractivity contribution in [1.29, 1.82) is 0 Å². The molecule has 0 bridgehead atoms. The molecule has 7 nitrogen and oxygen atoms in total. The van der Waals surface area contributed by atoms with Crippen LogP contribution >= 0.6 is 11.6 Å². The van der Waals surface area contributed by atoms with Crippen LogP contribution in [0.5, 0.6) is 17.2 Å². The zero-order valence-corrected chi connectivity index (χ0v) is 17.4. The largest absolute Gasteiger partial charge is 0.573 e. The van der Waals surface area contributed by atoms with Crippen LogP contribution in [0.15, 0.2) is 48.7 Å². The van der Waals surface area contributed by atoms with E-state index in [0.717, 1.165) is 18.2 Å². The van der Waals surface area contributed by atoms with E-state index in [1.165, 1.54) is 37.4 Å². The van der Waals surface area contributed by atoms with E-state index in [4.69, 9.17) is 22.1 Å². The molecule has 0 unspecified atom stereocenters. The number of aryl methyl sites for hydroxylation is 1. The molecule has 0 aliphatic heterocycles. The van der Waals surface area contributed by atoms with Crippen LogP contribution in [-0.4, -0.2) is 23.2 Å². The molecular weight excluding hydrogens is 470 g/mol. The van der Waals surface area contributed by atoms with Gasteiger partial charge in [0.05, 0.1) is 5.02 Å². The Kier molecular flexibility index (Phi) is 6.73. The van der Waals surface area contributed by atoms with Crippen LogP contribution < -0.4 is 20.5 Å². The van der Waals surface area contributed by atoms with Crippen LogP contribution in [0.25, 0.3) is 0 Å². The molecule has 0 radical (unpaired) electrons. The Morgan fingerprint density at radius 1 is 1.09 bits per heavy atom. The van der Waals surface area contributed by atoms with Crippen molar-refractivity contribution in [2.45, 2.75) is 13.3 Å². The highest BCUT2D eigenvalue weighted by atomic mass is 35.5. The summed E-state index contributed by atoms with van der Waals surface area (Å²) in [4.78, 5) is 27.8. The molecule has 1 heterocycles. The first-order valence-electron chi connectivity index (χ1n) is 9.04. The van der Waals surface area contributed by atoms with Crippen LogP contribution in [0.4, 0.5) is 23.2 Å². The molecule has 2 amide bonds. The maximum Gasteiger partial charge on any atom is 0.573 e. The maximum absolute atomic E-state index is 14.8. The number of carbonyl (C=O) groups excluding carboxylic acids is 2. The predicted molar refractivity (Wildman–Crippen MR) is 110 cm³/mol. The number of halogens is 5. The molecule has 12 heteroatoms. The highest BCUT2D eigenvalue weighted by Gasteiger charge is 2.31. The van der Waals surface area contributed by atoms with Crippen molar-refractivity contribution >= 4 is 29.1 Å². The molecule has 0 aliphatic carbocycles. The van der Waals surface area contributed by atoms with Gasteiger partial charge >= 0.3 is 6.36 Å². The van der Waals surface area contributed by atoms with Crippen LogP contribution in [0.1, 0.15) is 26.4 Å². The number of primary amides is 1. The van der Waals surface area contributed by atoms with Gasteiger partial charge in [0.25, 0.3) is 11.8 Å². The number of benzene rings is 2. The highest BCUT2D eigenvalue weighted by molar-refractivity contribution is 6.31. The van der Waals surface area contributed by atoms with E-state index in [9.17, 15) is 27.2 Å². The number of anilines is 1. The number of hydrogen-bond acceptors (Lipinski definition) is 5. The van der Waals surface area contributed by atoms with Gasteiger partial charge in [0.1, 0.15) is 28.5 Å². The molecule has 0 spiro atoms. The maximum atomic E-state index is 14.8. The third kappa shape index (κ3) is 5.89. The number of hydrogen-bond donors (Lipinski definition) is 2. The predicted octanol–water partition coefficient (Wildman–Crippen LogP) is 5.22. The second kappa shape index (κ2) is 9.33. The number of alkyl halides is 3. The molecule has 0 saturated carbocycles. The zero-order chi connectivity index (χ0) is 24.3. The fraction of sp³-hybridized carbons (Fsp3) is 0.0952. The summed E-state index contributed by atoms with van der Waals surface area (Å²) in [6.07, 6.45) is -3.66. The SMILES string of the molecule is Cc1cc(OC(F)(F)F)ccc1Oc1ccc(Cl)c(F)c1C(=O)Nc1ccnc(C(N)=O)c1. The van der Waals surface area contributed by atoms with Crippen molar-refractivity contribution in [1.82, 2.24) is 4.98 Å². The number of nitrogens with two attached hydrogens (primary N) is 1. The molecule has 0 saturated heterocycles. The minimum Gasteiger partial charge on any atom is -0.456 e. The van der Waals surface area contributed by atoms with Crippen molar-refractivity contribution in [2.24, 2.45) is 5.73 Å². The summed E-state index contributed by atoms with van der Waals surface area (Å²) in [5, 5.41) is 2.02. The summed E-state index contributed by atoms with van der Waals surface area (Å²) in [6, 6.07) is 8.15. The van der Waals surface area contributed by atoms with Crippen LogP contribution in [-0.2, 0) is 0 Å².